The van der Waals surface area contributed by atoms with Crippen LogP contribution in [-0.2, 0) is 11.3 Å². The molecule has 4 nitrogen and oxygen atoms in total. The van der Waals surface area contributed by atoms with E-state index in [0.717, 1.165) is 5.56 Å². The van der Waals surface area contributed by atoms with Crippen LogP contribution >= 0.6 is 34.8 Å². The van der Waals surface area contributed by atoms with Gasteiger partial charge in [0.15, 0.2) is 0 Å². The van der Waals surface area contributed by atoms with E-state index < -0.39 is 5.91 Å². The molecule has 0 aliphatic carbocycles. The molecule has 0 aliphatic heterocycles. The number of hydrogen-bond acceptors (Lipinski definition) is 3. The molecule has 0 aliphatic rings. The molecule has 0 atom stereocenters. The number of nitriles is 1. The van der Waals surface area contributed by atoms with Gasteiger partial charge < -0.3 is 10.6 Å². The van der Waals surface area contributed by atoms with Gasteiger partial charge in [-0.15, -0.1) is 0 Å². The minimum atomic E-state index is -0.583. The summed E-state index contributed by atoms with van der Waals surface area (Å²) >= 11 is 17.7. The van der Waals surface area contributed by atoms with Crippen LogP contribution in [0, 0.1) is 11.3 Å². The standard InChI is InChI=1S/C17H12Cl3N3O/c18-13-3-1-2-11(6-13)9-22-10-12(8-21)17(24)23-16-7-14(19)4-5-15(16)20/h1-7,10,22H,9H2,(H,23,24)/b12-10-. The molecular formula is C17H12Cl3N3O. The molecule has 0 bridgehead atoms. The van der Waals surface area contributed by atoms with Crippen molar-refractivity contribution in [2.75, 3.05) is 5.32 Å². The number of carbonyl (C=O) groups is 1. The molecule has 0 aromatic heterocycles. The van der Waals surface area contributed by atoms with E-state index in [1.807, 2.05) is 18.2 Å². The van der Waals surface area contributed by atoms with Crippen molar-refractivity contribution in [2.24, 2.45) is 0 Å². The first-order valence-corrected chi connectivity index (χ1v) is 7.97. The van der Waals surface area contributed by atoms with E-state index in [1.54, 1.807) is 24.3 Å². The van der Waals surface area contributed by atoms with Crippen LogP contribution in [0.15, 0.2) is 54.2 Å². The SMILES string of the molecule is N#C/C(=C/NCc1cccc(Cl)c1)C(=O)Nc1cc(Cl)ccc1Cl. The smallest absolute Gasteiger partial charge is 0.267 e. The van der Waals surface area contributed by atoms with Crippen LogP contribution < -0.4 is 10.6 Å². The lowest BCUT2D eigenvalue weighted by atomic mass is 10.2. The minimum absolute atomic E-state index is 0.0897. The van der Waals surface area contributed by atoms with Crippen molar-refractivity contribution >= 4 is 46.4 Å². The Labute approximate surface area is 154 Å². The number of amides is 1. The first-order valence-electron chi connectivity index (χ1n) is 6.84. The molecule has 0 radical (unpaired) electrons. The fraction of sp³-hybridized carbons (Fsp3) is 0.0588. The van der Waals surface area contributed by atoms with E-state index in [9.17, 15) is 4.79 Å². The number of rotatable bonds is 5. The molecule has 7 heteroatoms. The van der Waals surface area contributed by atoms with Gasteiger partial charge in [0.2, 0.25) is 0 Å². The molecule has 0 unspecified atom stereocenters. The Hall–Kier alpha value is -2.19. The van der Waals surface area contributed by atoms with Gasteiger partial charge >= 0.3 is 0 Å². The Balaban J connectivity index is 2.03. The van der Waals surface area contributed by atoms with Gasteiger partial charge in [-0.3, -0.25) is 4.79 Å². The average molecular weight is 381 g/mol. The third kappa shape index (κ3) is 5.17. The van der Waals surface area contributed by atoms with Crippen molar-refractivity contribution in [2.45, 2.75) is 6.54 Å². The van der Waals surface area contributed by atoms with Crippen molar-refractivity contribution in [3.8, 4) is 6.07 Å². The summed E-state index contributed by atoms with van der Waals surface area (Å²) < 4.78 is 0. The van der Waals surface area contributed by atoms with Crippen LogP contribution in [0.25, 0.3) is 0 Å². The maximum atomic E-state index is 12.1. The zero-order valence-corrected chi connectivity index (χ0v) is 14.6. The molecule has 1 amide bonds. The summed E-state index contributed by atoms with van der Waals surface area (Å²) in [5, 5.41) is 16.0. The second-order valence-electron chi connectivity index (χ2n) is 4.76. The van der Waals surface area contributed by atoms with E-state index in [-0.39, 0.29) is 5.57 Å². The summed E-state index contributed by atoms with van der Waals surface area (Å²) in [5.74, 6) is -0.583. The van der Waals surface area contributed by atoms with Gasteiger partial charge in [0.05, 0.1) is 10.7 Å². The number of halogens is 3. The van der Waals surface area contributed by atoms with E-state index in [1.165, 1.54) is 12.3 Å². The third-order valence-electron chi connectivity index (χ3n) is 2.98. The second kappa shape index (κ2) is 8.60. The second-order valence-corrected chi connectivity index (χ2v) is 6.04. The molecule has 2 N–H and O–H groups in total. The summed E-state index contributed by atoms with van der Waals surface area (Å²) in [5.41, 5.74) is 1.17. The van der Waals surface area contributed by atoms with Crippen molar-refractivity contribution < 1.29 is 4.79 Å². The average Bonchev–Trinajstić information content (AvgIpc) is 2.55. The highest BCUT2D eigenvalue weighted by Gasteiger charge is 2.11. The highest BCUT2D eigenvalue weighted by molar-refractivity contribution is 6.36. The summed E-state index contributed by atoms with van der Waals surface area (Å²) in [6.07, 6.45) is 1.34. The molecule has 2 aromatic rings. The minimum Gasteiger partial charge on any atom is -0.386 e. The fourth-order valence-electron chi connectivity index (χ4n) is 1.85. The van der Waals surface area contributed by atoms with Crippen molar-refractivity contribution in [1.29, 1.82) is 5.26 Å². The number of anilines is 1. The Bertz CT molecular complexity index is 828. The van der Waals surface area contributed by atoms with Crippen LogP contribution in [-0.4, -0.2) is 5.91 Å². The van der Waals surface area contributed by atoms with Gasteiger partial charge in [0.25, 0.3) is 5.91 Å². The van der Waals surface area contributed by atoms with E-state index >= 15 is 0 Å². The number of nitrogens with zero attached hydrogens (tertiary/aromatic N) is 1. The summed E-state index contributed by atoms with van der Waals surface area (Å²) in [4.78, 5) is 12.1. The van der Waals surface area contributed by atoms with Crippen LogP contribution in [0.4, 0.5) is 5.69 Å². The summed E-state index contributed by atoms with van der Waals surface area (Å²) in [6.45, 7) is 0.428. The number of hydrogen-bond donors (Lipinski definition) is 2. The van der Waals surface area contributed by atoms with Crippen LogP contribution in [0.2, 0.25) is 15.1 Å². The lowest BCUT2D eigenvalue weighted by molar-refractivity contribution is -0.112. The summed E-state index contributed by atoms with van der Waals surface area (Å²) in [6, 6.07) is 13.8. The number of benzene rings is 2. The monoisotopic (exact) mass is 379 g/mol. The topological polar surface area (TPSA) is 64.9 Å². The van der Waals surface area contributed by atoms with Gasteiger partial charge in [0.1, 0.15) is 11.6 Å². The molecule has 0 saturated carbocycles. The zero-order valence-electron chi connectivity index (χ0n) is 12.3. The molecular weight excluding hydrogens is 369 g/mol. The van der Waals surface area contributed by atoms with Gasteiger partial charge in [0, 0.05) is 22.8 Å². The molecule has 122 valence electrons. The third-order valence-corrected chi connectivity index (χ3v) is 3.78. The lowest BCUT2D eigenvalue weighted by Gasteiger charge is -2.07. The van der Waals surface area contributed by atoms with E-state index in [2.05, 4.69) is 10.6 Å². The van der Waals surface area contributed by atoms with Crippen LogP contribution in [0.3, 0.4) is 0 Å². The number of carbonyl (C=O) groups excluding carboxylic acids is 1. The first kappa shape index (κ1) is 18.2. The molecule has 0 fully saturated rings. The van der Waals surface area contributed by atoms with Gasteiger partial charge in [-0.05, 0) is 35.9 Å². The summed E-state index contributed by atoms with van der Waals surface area (Å²) in [7, 11) is 0. The molecule has 24 heavy (non-hydrogen) atoms. The highest BCUT2D eigenvalue weighted by atomic mass is 35.5. The Morgan fingerprint density at radius 1 is 1.12 bits per heavy atom. The van der Waals surface area contributed by atoms with Crippen molar-refractivity contribution in [3.05, 3.63) is 74.9 Å². The molecule has 0 spiro atoms. The maximum Gasteiger partial charge on any atom is 0.267 e. The molecule has 2 aromatic carbocycles. The lowest BCUT2D eigenvalue weighted by Crippen LogP contribution is -2.16. The first-order chi connectivity index (χ1) is 11.5. The van der Waals surface area contributed by atoms with E-state index in [4.69, 9.17) is 40.1 Å². The van der Waals surface area contributed by atoms with Crippen molar-refractivity contribution in [3.63, 3.8) is 0 Å². The normalized spacial score (nSPS) is 10.8. The van der Waals surface area contributed by atoms with Crippen molar-refractivity contribution in [1.82, 2.24) is 5.32 Å². The van der Waals surface area contributed by atoms with Gasteiger partial charge in [-0.2, -0.15) is 5.26 Å². The Kier molecular flexibility index (Phi) is 6.51. The predicted molar refractivity (Wildman–Crippen MR) is 97.1 cm³/mol. The molecule has 0 heterocycles. The zero-order chi connectivity index (χ0) is 17.5. The fourth-order valence-corrected chi connectivity index (χ4v) is 2.40. The molecule has 0 saturated heterocycles. The predicted octanol–water partition coefficient (Wildman–Crippen LogP) is 4.78. The number of nitrogens with one attached hydrogen (secondary N) is 2. The maximum absolute atomic E-state index is 12.1. The van der Waals surface area contributed by atoms with Crippen LogP contribution in [0.1, 0.15) is 5.56 Å². The van der Waals surface area contributed by atoms with E-state index in [0.29, 0.717) is 27.3 Å². The Morgan fingerprint density at radius 3 is 2.58 bits per heavy atom. The largest absolute Gasteiger partial charge is 0.386 e. The van der Waals surface area contributed by atoms with Gasteiger partial charge in [-0.25, -0.2) is 0 Å². The highest BCUT2D eigenvalue weighted by Crippen LogP contribution is 2.25. The van der Waals surface area contributed by atoms with Gasteiger partial charge in [-0.1, -0.05) is 46.9 Å². The Morgan fingerprint density at radius 2 is 1.88 bits per heavy atom. The van der Waals surface area contributed by atoms with Crippen LogP contribution in [0.5, 0.6) is 0 Å². The molecule has 2 rings (SSSR count). The quantitative estimate of drug-likeness (QED) is 0.579.